The number of rotatable bonds is 6. The van der Waals surface area contributed by atoms with Gasteiger partial charge >= 0.3 is 0 Å². The molecule has 2 aromatic heterocycles. The Morgan fingerprint density at radius 1 is 0.386 bits per heavy atom. The topological polar surface area (TPSA) is 51.8 Å². The van der Waals surface area contributed by atoms with Crippen LogP contribution in [-0.2, 0) is 6.42 Å². The molecule has 0 unspecified atom stereocenters. The zero-order chi connectivity index (χ0) is 37.7. The molecule has 0 N–H and O–H groups in total. The summed E-state index contributed by atoms with van der Waals surface area (Å²) in [5.41, 5.74) is 11.8. The van der Waals surface area contributed by atoms with Gasteiger partial charge in [0.2, 0.25) is 0 Å². The fraction of sp³-hybridized carbons (Fsp3) is 0.0377. The first-order valence-electron chi connectivity index (χ1n) is 19.5. The van der Waals surface area contributed by atoms with Crippen molar-refractivity contribution in [3.05, 3.63) is 193 Å². The average Bonchev–Trinajstić information content (AvgIpc) is 3.67. The van der Waals surface area contributed by atoms with E-state index >= 15 is 0 Å². The van der Waals surface area contributed by atoms with Crippen LogP contribution in [0, 0.1) is 0 Å². The third-order valence-corrected chi connectivity index (χ3v) is 11.1. The molecule has 0 atom stereocenters. The number of hydrogen-bond acceptors (Lipinski definition) is 4. The van der Waals surface area contributed by atoms with Gasteiger partial charge in [0, 0.05) is 34.1 Å². The van der Waals surface area contributed by atoms with E-state index in [0.717, 1.165) is 79.3 Å². The lowest BCUT2D eigenvalue weighted by Crippen LogP contribution is -2.00. The summed E-state index contributed by atoms with van der Waals surface area (Å²) in [6, 6.07) is 62.0. The molecule has 0 fully saturated rings. The molecular weight excluding hydrogens is 695 g/mol. The number of benzene rings is 8. The van der Waals surface area contributed by atoms with Crippen LogP contribution in [-0.4, -0.2) is 15.0 Å². The second kappa shape index (κ2) is 13.7. The summed E-state index contributed by atoms with van der Waals surface area (Å²) >= 11 is 0. The lowest BCUT2D eigenvalue weighted by molar-refractivity contribution is 0.546. The van der Waals surface area contributed by atoms with Crippen LogP contribution >= 0.6 is 0 Å². The van der Waals surface area contributed by atoms with Gasteiger partial charge in [-0.15, -0.1) is 0 Å². The second-order valence-electron chi connectivity index (χ2n) is 14.7. The van der Waals surface area contributed by atoms with Gasteiger partial charge in [0.05, 0.1) is 0 Å². The summed E-state index contributed by atoms with van der Waals surface area (Å²) in [4.78, 5) is 15.1. The zero-order valence-corrected chi connectivity index (χ0v) is 31.1. The van der Waals surface area contributed by atoms with Gasteiger partial charge < -0.3 is 4.42 Å². The maximum atomic E-state index is 6.62. The molecule has 0 saturated heterocycles. The maximum absolute atomic E-state index is 6.62. The molecule has 0 radical (unpaired) electrons. The summed E-state index contributed by atoms with van der Waals surface area (Å²) < 4.78 is 6.62. The van der Waals surface area contributed by atoms with E-state index in [2.05, 4.69) is 152 Å². The summed E-state index contributed by atoms with van der Waals surface area (Å²) in [5, 5.41) is 5.87. The van der Waals surface area contributed by atoms with Crippen LogP contribution < -0.4 is 0 Å². The Hall–Kier alpha value is -7.43. The van der Waals surface area contributed by atoms with Gasteiger partial charge in [-0.2, -0.15) is 0 Å². The minimum Gasteiger partial charge on any atom is -0.460 e. The van der Waals surface area contributed by atoms with Gasteiger partial charge in [0.15, 0.2) is 17.5 Å². The first-order chi connectivity index (χ1) is 28.2. The molecule has 4 heteroatoms. The van der Waals surface area contributed by atoms with Crippen molar-refractivity contribution >= 4 is 38.6 Å². The van der Waals surface area contributed by atoms with Gasteiger partial charge in [-0.25, -0.2) is 15.0 Å². The van der Waals surface area contributed by atoms with E-state index in [4.69, 9.17) is 19.4 Å². The third kappa shape index (κ3) is 6.09. The highest BCUT2D eigenvalue weighted by atomic mass is 16.3. The molecule has 4 nitrogen and oxygen atoms in total. The van der Waals surface area contributed by atoms with Crippen molar-refractivity contribution in [2.45, 2.75) is 12.8 Å². The number of aryl methyl sites for hydroxylation is 1. The lowest BCUT2D eigenvalue weighted by atomic mass is 9.91. The zero-order valence-electron chi connectivity index (χ0n) is 31.1. The number of hydrogen-bond donors (Lipinski definition) is 0. The van der Waals surface area contributed by atoms with E-state index in [9.17, 15) is 0 Å². The molecule has 1 aliphatic carbocycles. The van der Waals surface area contributed by atoms with Crippen molar-refractivity contribution in [2.75, 3.05) is 0 Å². The molecule has 8 aromatic carbocycles. The van der Waals surface area contributed by atoms with E-state index in [1.54, 1.807) is 0 Å². The lowest BCUT2D eigenvalue weighted by Gasteiger charge is -2.12. The van der Waals surface area contributed by atoms with Crippen LogP contribution in [0.3, 0.4) is 0 Å². The van der Waals surface area contributed by atoms with E-state index in [-0.39, 0.29) is 0 Å². The second-order valence-corrected chi connectivity index (χ2v) is 14.7. The number of allylic oxidation sites excluding steroid dienone is 1. The molecule has 11 rings (SSSR count). The molecule has 0 bridgehead atoms. The Morgan fingerprint density at radius 3 is 1.67 bits per heavy atom. The predicted molar refractivity (Wildman–Crippen MR) is 235 cm³/mol. The van der Waals surface area contributed by atoms with Crippen LogP contribution in [0.1, 0.15) is 17.7 Å². The van der Waals surface area contributed by atoms with Crippen LogP contribution in [0.2, 0.25) is 0 Å². The highest BCUT2D eigenvalue weighted by molar-refractivity contribution is 6.05. The summed E-state index contributed by atoms with van der Waals surface area (Å²) in [5.74, 6) is 2.97. The van der Waals surface area contributed by atoms with E-state index in [0.29, 0.717) is 17.5 Å². The Morgan fingerprint density at radius 2 is 0.912 bits per heavy atom. The Labute approximate surface area is 330 Å². The monoisotopic (exact) mass is 729 g/mol. The fourth-order valence-corrected chi connectivity index (χ4v) is 8.19. The number of furan rings is 1. The van der Waals surface area contributed by atoms with Crippen molar-refractivity contribution in [3.63, 3.8) is 0 Å². The van der Waals surface area contributed by atoms with Gasteiger partial charge in [-0.1, -0.05) is 158 Å². The van der Waals surface area contributed by atoms with E-state index in [1.165, 1.54) is 27.5 Å². The predicted octanol–water partition coefficient (Wildman–Crippen LogP) is 13.9. The fourth-order valence-electron chi connectivity index (χ4n) is 8.19. The molecule has 0 amide bonds. The highest BCUT2D eigenvalue weighted by Crippen LogP contribution is 2.42. The smallest absolute Gasteiger partial charge is 0.164 e. The highest BCUT2D eigenvalue weighted by Gasteiger charge is 2.21. The van der Waals surface area contributed by atoms with Crippen molar-refractivity contribution in [2.24, 2.45) is 0 Å². The van der Waals surface area contributed by atoms with Crippen LogP contribution in [0.25, 0.3) is 106 Å². The maximum Gasteiger partial charge on any atom is 0.164 e. The molecule has 0 saturated carbocycles. The summed E-state index contributed by atoms with van der Waals surface area (Å²) in [6.07, 6.45) is 6.39. The average molecular weight is 730 g/mol. The Kier molecular flexibility index (Phi) is 7.92. The SMILES string of the molecule is C1=Cc2c(oc3cc(-c4ccc5ccccc5c4)cc(-c4ccc5ccc(-c6nc(-c7ccccc7)nc(-c7ccc(-c8ccccc8)cc7)n6)cc5c4)c23)CC1. The van der Waals surface area contributed by atoms with Gasteiger partial charge in [-0.05, 0) is 91.7 Å². The van der Waals surface area contributed by atoms with Crippen molar-refractivity contribution in [3.8, 4) is 67.5 Å². The van der Waals surface area contributed by atoms with E-state index in [1.807, 2.05) is 36.4 Å². The minimum absolute atomic E-state index is 0.632. The number of aromatic nitrogens is 3. The van der Waals surface area contributed by atoms with Gasteiger partial charge in [-0.3, -0.25) is 0 Å². The van der Waals surface area contributed by atoms with Crippen molar-refractivity contribution in [1.82, 2.24) is 15.0 Å². The van der Waals surface area contributed by atoms with Gasteiger partial charge in [0.1, 0.15) is 11.3 Å². The molecule has 268 valence electrons. The first-order valence-corrected chi connectivity index (χ1v) is 19.5. The third-order valence-electron chi connectivity index (χ3n) is 11.1. The quantitative estimate of drug-likeness (QED) is 0.171. The van der Waals surface area contributed by atoms with Gasteiger partial charge in [0.25, 0.3) is 0 Å². The normalized spacial score (nSPS) is 12.4. The van der Waals surface area contributed by atoms with Crippen LogP contribution in [0.4, 0.5) is 0 Å². The molecule has 57 heavy (non-hydrogen) atoms. The largest absolute Gasteiger partial charge is 0.460 e. The molecule has 1 aliphatic rings. The Balaban J connectivity index is 1.04. The molecular formula is C53H35N3O. The Bertz CT molecular complexity index is 3160. The summed E-state index contributed by atoms with van der Waals surface area (Å²) in [7, 11) is 0. The van der Waals surface area contributed by atoms with Crippen molar-refractivity contribution < 1.29 is 4.42 Å². The van der Waals surface area contributed by atoms with Crippen molar-refractivity contribution in [1.29, 1.82) is 0 Å². The molecule has 2 heterocycles. The molecule has 10 aromatic rings. The number of nitrogens with zero attached hydrogens (tertiary/aromatic N) is 3. The van der Waals surface area contributed by atoms with Crippen LogP contribution in [0.5, 0.6) is 0 Å². The minimum atomic E-state index is 0.632. The standard InChI is InChI=1S/C53H35N3O/c1-3-11-34(12-4-1)36-19-24-39(25-20-36)52-54-51(38-14-5-2-6-15-38)55-53(56-52)43-28-23-37-22-27-42(30-44(37)31-43)47-32-45(41-26-21-35-13-7-8-16-40(35)29-41)33-49-50(47)46-17-9-10-18-48(46)57-49/h1-9,11-17,19-33H,10,18H2. The van der Waals surface area contributed by atoms with E-state index < -0.39 is 0 Å². The first kappa shape index (κ1) is 33.0. The molecule has 0 aliphatic heterocycles. The summed E-state index contributed by atoms with van der Waals surface area (Å²) in [6.45, 7) is 0. The molecule has 0 spiro atoms. The van der Waals surface area contributed by atoms with Crippen LogP contribution in [0.15, 0.2) is 186 Å². The number of fused-ring (bicyclic) bond motifs is 5.